The molecule has 0 radical (unpaired) electrons. The summed E-state index contributed by atoms with van der Waals surface area (Å²) in [5.74, 6) is 0.400. The van der Waals surface area contributed by atoms with Gasteiger partial charge in [0, 0.05) is 5.92 Å². The predicted molar refractivity (Wildman–Crippen MR) is 41.8 cm³/mol. The van der Waals surface area contributed by atoms with Crippen LogP contribution in [0.1, 0.15) is 19.3 Å². The highest BCUT2D eigenvalue weighted by Gasteiger charge is 2.24. The van der Waals surface area contributed by atoms with E-state index in [1.807, 2.05) is 0 Å². The molecule has 1 amide bonds. The molecule has 0 aliphatic heterocycles. The van der Waals surface area contributed by atoms with Crippen LogP contribution in [0, 0.1) is 5.92 Å². The molecule has 0 spiro atoms. The van der Waals surface area contributed by atoms with E-state index in [0.29, 0.717) is 0 Å². The van der Waals surface area contributed by atoms with Gasteiger partial charge < -0.3 is 11.1 Å². The minimum absolute atomic E-state index is 0. The van der Waals surface area contributed by atoms with Gasteiger partial charge in [-0.15, -0.1) is 12.4 Å². The van der Waals surface area contributed by atoms with Crippen LogP contribution >= 0.6 is 12.4 Å². The largest absolute Gasteiger partial charge is 0.344 e. The van der Waals surface area contributed by atoms with Crippen LogP contribution < -0.4 is 11.1 Å². The molecular weight excluding hydrogens is 152 g/mol. The molecule has 0 aromatic carbocycles. The highest BCUT2D eigenvalue weighted by atomic mass is 35.5. The Hall–Kier alpha value is -0.280. The number of hydrogen-bond acceptors (Lipinski definition) is 2. The molecule has 0 aromatic heterocycles. The number of amides is 1. The first-order chi connectivity index (χ1) is 4.34. The second-order valence-corrected chi connectivity index (χ2v) is 2.37. The maximum absolute atomic E-state index is 10.8. The first-order valence-corrected chi connectivity index (χ1v) is 3.32. The van der Waals surface area contributed by atoms with Gasteiger partial charge in [-0.25, -0.2) is 0 Å². The van der Waals surface area contributed by atoms with Gasteiger partial charge in [0.15, 0.2) is 0 Å². The number of carbonyl (C=O) groups excluding carboxylic acids is 1. The summed E-state index contributed by atoms with van der Waals surface area (Å²) in [6.45, 7) is 0.273. The van der Waals surface area contributed by atoms with Crippen LogP contribution in [0.3, 0.4) is 0 Å². The molecule has 1 aliphatic carbocycles. The molecule has 1 fully saturated rings. The van der Waals surface area contributed by atoms with Gasteiger partial charge in [0.05, 0.1) is 6.67 Å². The predicted octanol–water partition coefficient (Wildman–Crippen LogP) is 0.241. The normalized spacial score (nSPS) is 16.9. The lowest BCUT2D eigenvalue weighted by molar-refractivity contribution is -0.127. The standard InChI is InChI=1S/C6H12N2O.ClH/c7-4-8-6(9)5-2-1-3-5;/h5H,1-4,7H2,(H,8,9);1H. The Kier molecular flexibility index (Phi) is 4.40. The number of carbonyl (C=O) groups is 1. The van der Waals surface area contributed by atoms with Crippen molar-refractivity contribution in [1.29, 1.82) is 0 Å². The number of nitrogens with two attached hydrogens (primary N) is 1. The third kappa shape index (κ3) is 2.15. The van der Waals surface area contributed by atoms with Gasteiger partial charge in [-0.2, -0.15) is 0 Å². The zero-order valence-electron chi connectivity index (χ0n) is 5.80. The van der Waals surface area contributed by atoms with Crippen LogP contribution in [0.25, 0.3) is 0 Å². The average Bonchev–Trinajstić information content (AvgIpc) is 1.60. The molecule has 0 aromatic rings. The molecule has 0 heterocycles. The molecule has 1 rings (SSSR count). The molecule has 10 heavy (non-hydrogen) atoms. The summed E-state index contributed by atoms with van der Waals surface area (Å²) in [6, 6.07) is 0. The van der Waals surface area contributed by atoms with Gasteiger partial charge in [-0.1, -0.05) is 6.42 Å². The van der Waals surface area contributed by atoms with Crippen molar-refractivity contribution in [2.45, 2.75) is 19.3 Å². The van der Waals surface area contributed by atoms with E-state index in [1.54, 1.807) is 0 Å². The van der Waals surface area contributed by atoms with Crippen molar-refractivity contribution in [3.8, 4) is 0 Å². The molecule has 4 heteroatoms. The van der Waals surface area contributed by atoms with Gasteiger partial charge in [-0.3, -0.25) is 4.79 Å². The van der Waals surface area contributed by atoms with Crippen LogP contribution in [0.5, 0.6) is 0 Å². The fraction of sp³-hybridized carbons (Fsp3) is 0.833. The molecule has 60 valence electrons. The number of nitrogens with one attached hydrogen (secondary N) is 1. The summed E-state index contributed by atoms with van der Waals surface area (Å²) < 4.78 is 0. The fourth-order valence-corrected chi connectivity index (χ4v) is 0.915. The van der Waals surface area contributed by atoms with Crippen LogP contribution in [0.4, 0.5) is 0 Å². The summed E-state index contributed by atoms with van der Waals surface area (Å²) in [4.78, 5) is 10.8. The fourth-order valence-electron chi connectivity index (χ4n) is 0.915. The Morgan fingerprint density at radius 2 is 2.20 bits per heavy atom. The van der Waals surface area contributed by atoms with E-state index in [0.717, 1.165) is 12.8 Å². The van der Waals surface area contributed by atoms with Gasteiger partial charge >= 0.3 is 0 Å². The van der Waals surface area contributed by atoms with Crippen molar-refractivity contribution in [3.05, 3.63) is 0 Å². The summed E-state index contributed by atoms with van der Waals surface area (Å²) in [6.07, 6.45) is 3.29. The number of rotatable bonds is 2. The topological polar surface area (TPSA) is 55.1 Å². The zero-order chi connectivity index (χ0) is 6.69. The van der Waals surface area contributed by atoms with Crippen LogP contribution in [-0.4, -0.2) is 12.6 Å². The lowest BCUT2D eigenvalue weighted by Crippen LogP contribution is -2.37. The second kappa shape index (κ2) is 4.52. The van der Waals surface area contributed by atoms with E-state index in [4.69, 9.17) is 5.73 Å². The van der Waals surface area contributed by atoms with Crippen LogP contribution in [-0.2, 0) is 4.79 Å². The smallest absolute Gasteiger partial charge is 0.224 e. The van der Waals surface area contributed by atoms with E-state index in [1.165, 1.54) is 6.42 Å². The van der Waals surface area contributed by atoms with Gasteiger partial charge in [0.25, 0.3) is 0 Å². The summed E-state index contributed by atoms with van der Waals surface area (Å²) in [7, 11) is 0. The minimum Gasteiger partial charge on any atom is -0.344 e. The van der Waals surface area contributed by atoms with Gasteiger partial charge in [-0.05, 0) is 12.8 Å². The Bertz CT molecular complexity index is 114. The lowest BCUT2D eigenvalue weighted by atomic mass is 9.85. The molecule has 3 nitrogen and oxygen atoms in total. The van der Waals surface area contributed by atoms with Crippen LogP contribution in [0.15, 0.2) is 0 Å². The maximum atomic E-state index is 10.8. The quantitative estimate of drug-likeness (QED) is 0.575. The van der Waals surface area contributed by atoms with Gasteiger partial charge in [0.1, 0.15) is 0 Å². The third-order valence-electron chi connectivity index (χ3n) is 1.75. The van der Waals surface area contributed by atoms with Crippen LogP contribution in [0.2, 0.25) is 0 Å². The first kappa shape index (κ1) is 9.72. The molecule has 0 unspecified atom stereocenters. The summed E-state index contributed by atoms with van der Waals surface area (Å²) in [5, 5.41) is 2.59. The Morgan fingerprint density at radius 1 is 1.60 bits per heavy atom. The highest BCUT2D eigenvalue weighted by Crippen LogP contribution is 2.25. The van der Waals surface area contributed by atoms with Gasteiger partial charge in [0.2, 0.25) is 5.91 Å². The van der Waals surface area contributed by atoms with Crippen molar-refractivity contribution in [1.82, 2.24) is 5.32 Å². The average molecular weight is 165 g/mol. The molecule has 0 bridgehead atoms. The SMILES string of the molecule is Cl.NCNC(=O)C1CCC1. The maximum Gasteiger partial charge on any atom is 0.224 e. The van der Waals surface area contributed by atoms with Crippen molar-refractivity contribution >= 4 is 18.3 Å². The second-order valence-electron chi connectivity index (χ2n) is 2.37. The Morgan fingerprint density at radius 3 is 2.50 bits per heavy atom. The van der Waals surface area contributed by atoms with E-state index in [9.17, 15) is 4.79 Å². The van der Waals surface area contributed by atoms with E-state index in [-0.39, 0.29) is 30.9 Å². The molecular formula is C6H13ClN2O. The number of hydrogen-bond donors (Lipinski definition) is 2. The molecule has 3 N–H and O–H groups in total. The van der Waals surface area contributed by atoms with Crippen molar-refractivity contribution < 1.29 is 4.79 Å². The number of halogens is 1. The first-order valence-electron chi connectivity index (χ1n) is 3.32. The van der Waals surface area contributed by atoms with Crippen molar-refractivity contribution in [3.63, 3.8) is 0 Å². The highest BCUT2D eigenvalue weighted by molar-refractivity contribution is 5.85. The minimum atomic E-state index is 0. The molecule has 1 aliphatic rings. The lowest BCUT2D eigenvalue weighted by Gasteiger charge is -2.23. The Labute approximate surface area is 66.8 Å². The van der Waals surface area contributed by atoms with E-state index in [2.05, 4.69) is 5.32 Å². The third-order valence-corrected chi connectivity index (χ3v) is 1.75. The molecule has 0 atom stereocenters. The summed E-state index contributed by atoms with van der Waals surface area (Å²) in [5.41, 5.74) is 5.11. The monoisotopic (exact) mass is 164 g/mol. The van der Waals surface area contributed by atoms with Crippen molar-refractivity contribution in [2.75, 3.05) is 6.67 Å². The summed E-state index contributed by atoms with van der Waals surface area (Å²) >= 11 is 0. The van der Waals surface area contributed by atoms with E-state index >= 15 is 0 Å². The zero-order valence-corrected chi connectivity index (χ0v) is 6.62. The van der Waals surface area contributed by atoms with E-state index < -0.39 is 0 Å². The molecule has 0 saturated heterocycles. The molecule has 1 saturated carbocycles. The Balaban J connectivity index is 0.000000810. The van der Waals surface area contributed by atoms with Crippen molar-refractivity contribution in [2.24, 2.45) is 11.7 Å².